The molecule has 0 saturated carbocycles. The summed E-state index contributed by atoms with van der Waals surface area (Å²) in [5.74, 6) is 0. The number of rotatable bonds is 3. The molecule has 1 N–H and O–H groups in total. The molecule has 0 amide bonds. The van der Waals surface area contributed by atoms with E-state index >= 15 is 0 Å². The molecule has 0 aromatic rings. The van der Waals surface area contributed by atoms with Crippen molar-refractivity contribution in [2.75, 3.05) is 6.61 Å². The maximum Gasteiger partial charge on any atom is 0.0851 e. The van der Waals surface area contributed by atoms with Crippen LogP contribution in [0.3, 0.4) is 0 Å². The van der Waals surface area contributed by atoms with Crippen molar-refractivity contribution >= 4 is 0 Å². The van der Waals surface area contributed by atoms with E-state index in [0.29, 0.717) is 6.61 Å². The number of hydrogen-bond donors (Lipinski definition) is 1. The molecule has 1 radical (unpaired) electrons. The summed E-state index contributed by atoms with van der Waals surface area (Å²) in [6.07, 6.45) is 2.78. The van der Waals surface area contributed by atoms with Crippen LogP contribution in [0, 0.1) is 6.42 Å². The van der Waals surface area contributed by atoms with Crippen LogP contribution < -0.4 is 0 Å². The van der Waals surface area contributed by atoms with Gasteiger partial charge in [-0.1, -0.05) is 13.3 Å². The van der Waals surface area contributed by atoms with Crippen molar-refractivity contribution in [2.45, 2.75) is 13.3 Å². The van der Waals surface area contributed by atoms with Crippen molar-refractivity contribution < 1.29 is 10.1 Å². The second-order valence-electron chi connectivity index (χ2n) is 0.993. The van der Waals surface area contributed by atoms with Gasteiger partial charge in [-0.2, -0.15) is 0 Å². The third-order valence-corrected chi connectivity index (χ3v) is 0.481. The molecule has 0 bridgehead atoms. The largest absolute Gasteiger partial charge is 0.252 e. The van der Waals surface area contributed by atoms with E-state index in [0.717, 1.165) is 6.42 Å². The van der Waals surface area contributed by atoms with Gasteiger partial charge in [-0.05, 0) is 6.42 Å². The summed E-state index contributed by atoms with van der Waals surface area (Å²) in [5, 5.41) is 7.67. The molecular formula is C4H9O2. The van der Waals surface area contributed by atoms with Gasteiger partial charge in [0.1, 0.15) is 0 Å². The van der Waals surface area contributed by atoms with E-state index in [1.807, 2.05) is 13.3 Å². The first-order valence-corrected chi connectivity index (χ1v) is 1.99. The van der Waals surface area contributed by atoms with Crippen LogP contribution in [0.1, 0.15) is 13.3 Å². The SMILES string of the molecule is CC[CH]COO. The molecule has 0 saturated heterocycles. The van der Waals surface area contributed by atoms with Crippen LogP contribution in [0.2, 0.25) is 0 Å². The van der Waals surface area contributed by atoms with Gasteiger partial charge in [0, 0.05) is 0 Å². The lowest BCUT2D eigenvalue weighted by atomic mass is 10.4. The molecule has 0 aliphatic heterocycles. The minimum Gasteiger partial charge on any atom is -0.252 e. The van der Waals surface area contributed by atoms with Crippen LogP contribution in [0.15, 0.2) is 0 Å². The van der Waals surface area contributed by atoms with Gasteiger partial charge >= 0.3 is 0 Å². The van der Waals surface area contributed by atoms with Crippen molar-refractivity contribution in [3.8, 4) is 0 Å². The average Bonchev–Trinajstić information content (AvgIpc) is 1.61. The Hall–Kier alpha value is -0.0800. The zero-order valence-electron chi connectivity index (χ0n) is 3.85. The van der Waals surface area contributed by atoms with Gasteiger partial charge < -0.3 is 0 Å². The fourth-order valence-electron chi connectivity index (χ4n) is 0.171. The first-order chi connectivity index (χ1) is 2.91. The first kappa shape index (κ1) is 5.92. The van der Waals surface area contributed by atoms with Gasteiger partial charge in [0.15, 0.2) is 0 Å². The highest BCUT2D eigenvalue weighted by molar-refractivity contribution is 4.56. The van der Waals surface area contributed by atoms with Crippen molar-refractivity contribution in [2.24, 2.45) is 0 Å². The smallest absolute Gasteiger partial charge is 0.0851 e. The summed E-state index contributed by atoms with van der Waals surface area (Å²) in [6, 6.07) is 0. The Labute approximate surface area is 37.7 Å². The predicted molar refractivity (Wildman–Crippen MR) is 23.2 cm³/mol. The lowest BCUT2D eigenvalue weighted by Gasteiger charge is -1.86. The van der Waals surface area contributed by atoms with E-state index in [9.17, 15) is 0 Å². The second kappa shape index (κ2) is 4.92. The van der Waals surface area contributed by atoms with E-state index in [2.05, 4.69) is 4.89 Å². The van der Waals surface area contributed by atoms with Crippen molar-refractivity contribution in [1.29, 1.82) is 0 Å². The van der Waals surface area contributed by atoms with Crippen LogP contribution in [0.5, 0.6) is 0 Å². The lowest BCUT2D eigenvalue weighted by molar-refractivity contribution is -0.235. The Morgan fingerprint density at radius 1 is 1.83 bits per heavy atom. The van der Waals surface area contributed by atoms with Crippen molar-refractivity contribution in [3.63, 3.8) is 0 Å². The molecule has 37 valence electrons. The average molecular weight is 89.1 g/mol. The molecule has 2 nitrogen and oxygen atoms in total. The van der Waals surface area contributed by atoms with Crippen molar-refractivity contribution in [1.82, 2.24) is 0 Å². The standard InChI is InChI=1S/C4H9O2/c1-2-3-4-6-5/h3,5H,2,4H2,1H3. The summed E-state index contributed by atoms with van der Waals surface area (Å²) in [4.78, 5) is 3.73. The quantitative estimate of drug-likeness (QED) is 0.318. The Morgan fingerprint density at radius 3 is 2.67 bits per heavy atom. The highest BCUT2D eigenvalue weighted by atomic mass is 17.1. The van der Waals surface area contributed by atoms with Crippen LogP contribution in [-0.2, 0) is 4.89 Å². The number of unbranched alkanes of at least 4 members (excludes halogenated alkanes) is 1. The Kier molecular flexibility index (Phi) is 4.85. The molecule has 0 heterocycles. The highest BCUT2D eigenvalue weighted by Crippen LogP contribution is 1.81. The van der Waals surface area contributed by atoms with Gasteiger partial charge in [0.05, 0.1) is 6.61 Å². The maximum atomic E-state index is 7.67. The second-order valence-corrected chi connectivity index (χ2v) is 0.993. The minimum atomic E-state index is 0.344. The molecule has 0 fully saturated rings. The fraction of sp³-hybridized carbons (Fsp3) is 0.750. The summed E-state index contributed by atoms with van der Waals surface area (Å²) in [7, 11) is 0. The zero-order valence-corrected chi connectivity index (χ0v) is 3.85. The maximum absolute atomic E-state index is 7.67. The van der Waals surface area contributed by atoms with E-state index in [1.54, 1.807) is 0 Å². The predicted octanol–water partition coefficient (Wildman–Crippen LogP) is 1.09. The summed E-state index contributed by atoms with van der Waals surface area (Å²) < 4.78 is 0. The zero-order chi connectivity index (χ0) is 4.83. The summed E-state index contributed by atoms with van der Waals surface area (Å²) in [6.45, 7) is 2.33. The first-order valence-electron chi connectivity index (χ1n) is 1.99. The van der Waals surface area contributed by atoms with Gasteiger partial charge in [-0.25, -0.2) is 4.89 Å². The molecule has 6 heavy (non-hydrogen) atoms. The van der Waals surface area contributed by atoms with E-state index in [-0.39, 0.29) is 0 Å². The van der Waals surface area contributed by atoms with Gasteiger partial charge in [0.25, 0.3) is 0 Å². The lowest BCUT2D eigenvalue weighted by Crippen LogP contribution is -1.86. The molecular weight excluding hydrogens is 80.0 g/mol. The van der Waals surface area contributed by atoms with E-state index < -0.39 is 0 Å². The Balaban J connectivity index is 2.34. The van der Waals surface area contributed by atoms with Crippen LogP contribution in [-0.4, -0.2) is 11.9 Å². The van der Waals surface area contributed by atoms with E-state index in [1.165, 1.54) is 0 Å². The minimum absolute atomic E-state index is 0.344. The molecule has 0 aliphatic carbocycles. The summed E-state index contributed by atoms with van der Waals surface area (Å²) in [5.41, 5.74) is 0. The summed E-state index contributed by atoms with van der Waals surface area (Å²) >= 11 is 0. The third kappa shape index (κ3) is 3.92. The molecule has 0 spiro atoms. The molecule has 0 rings (SSSR count). The molecule has 0 atom stereocenters. The normalized spacial score (nSPS) is 9.00. The van der Waals surface area contributed by atoms with Crippen molar-refractivity contribution in [3.05, 3.63) is 6.42 Å². The van der Waals surface area contributed by atoms with Crippen LogP contribution in [0.4, 0.5) is 0 Å². The monoisotopic (exact) mass is 89.1 g/mol. The Morgan fingerprint density at radius 2 is 2.50 bits per heavy atom. The fourth-order valence-corrected chi connectivity index (χ4v) is 0.171. The molecule has 0 aromatic carbocycles. The van der Waals surface area contributed by atoms with Gasteiger partial charge in [-0.15, -0.1) is 0 Å². The van der Waals surface area contributed by atoms with Crippen LogP contribution >= 0.6 is 0 Å². The Bertz CT molecular complexity index is 17.5. The van der Waals surface area contributed by atoms with Gasteiger partial charge in [0.2, 0.25) is 0 Å². The highest BCUT2D eigenvalue weighted by Gasteiger charge is 1.77. The topological polar surface area (TPSA) is 29.5 Å². The van der Waals surface area contributed by atoms with Gasteiger partial charge in [-0.3, -0.25) is 5.26 Å². The molecule has 0 unspecified atom stereocenters. The number of hydrogen-bond acceptors (Lipinski definition) is 2. The van der Waals surface area contributed by atoms with E-state index in [4.69, 9.17) is 5.26 Å². The molecule has 0 aromatic heterocycles. The molecule has 2 heteroatoms. The van der Waals surface area contributed by atoms with Crippen LogP contribution in [0.25, 0.3) is 0 Å². The molecule has 0 aliphatic rings. The third-order valence-electron chi connectivity index (χ3n) is 0.481.